The number of guanidine groups is 1. The van der Waals surface area contributed by atoms with Crippen LogP contribution in [0.4, 0.5) is 5.69 Å². The zero-order chi connectivity index (χ0) is 21.3. The lowest BCUT2D eigenvalue weighted by atomic mass is 10.1. The molecule has 0 bridgehead atoms. The molecule has 31 heavy (non-hydrogen) atoms. The number of halogens is 2. The Bertz CT molecular complexity index is 886. The van der Waals surface area contributed by atoms with Gasteiger partial charge in [0.1, 0.15) is 0 Å². The summed E-state index contributed by atoms with van der Waals surface area (Å²) in [6, 6.07) is 15.8. The third-order valence-corrected chi connectivity index (χ3v) is 5.57. The van der Waals surface area contributed by atoms with E-state index in [9.17, 15) is 4.79 Å². The van der Waals surface area contributed by atoms with Gasteiger partial charge in [-0.2, -0.15) is 0 Å². The number of nitrogens with zero attached hydrogens (tertiary/aromatic N) is 2. The van der Waals surface area contributed by atoms with Gasteiger partial charge >= 0.3 is 0 Å². The standard InChI is InChI=1S/C23H30ClN5O.HI/c1-17(18-8-7-9-19(16-18)29-14-5-6-15-29)28-23(25-2)27-13-12-26-22(30)20-10-3-4-11-21(20)24;/h3-4,7-11,16-17H,5-6,12-15H2,1-2H3,(H,26,30)(H2,25,27,28);1H. The lowest BCUT2D eigenvalue weighted by Gasteiger charge is -2.22. The molecule has 1 saturated heterocycles. The van der Waals surface area contributed by atoms with Crippen LogP contribution in [0.1, 0.15) is 41.7 Å². The Labute approximate surface area is 206 Å². The van der Waals surface area contributed by atoms with Gasteiger partial charge in [0.2, 0.25) is 0 Å². The monoisotopic (exact) mass is 555 g/mol. The molecule has 1 fully saturated rings. The first-order chi connectivity index (χ1) is 14.6. The van der Waals surface area contributed by atoms with E-state index in [0.717, 1.165) is 13.1 Å². The third kappa shape index (κ3) is 7.28. The molecule has 0 saturated carbocycles. The van der Waals surface area contributed by atoms with E-state index in [1.807, 2.05) is 0 Å². The van der Waals surface area contributed by atoms with Crippen LogP contribution in [0, 0.1) is 0 Å². The van der Waals surface area contributed by atoms with Crippen LogP contribution in [-0.4, -0.2) is 45.1 Å². The van der Waals surface area contributed by atoms with Crippen LogP contribution in [0.2, 0.25) is 5.02 Å². The summed E-state index contributed by atoms with van der Waals surface area (Å²) in [4.78, 5) is 18.9. The van der Waals surface area contributed by atoms with E-state index in [0.29, 0.717) is 29.6 Å². The fourth-order valence-corrected chi connectivity index (χ4v) is 3.77. The van der Waals surface area contributed by atoms with Crippen molar-refractivity contribution in [1.82, 2.24) is 16.0 Å². The van der Waals surface area contributed by atoms with Crippen molar-refractivity contribution in [2.24, 2.45) is 4.99 Å². The second-order valence-electron chi connectivity index (χ2n) is 7.39. The first kappa shape index (κ1) is 25.3. The Hall–Kier alpha value is -2.00. The summed E-state index contributed by atoms with van der Waals surface area (Å²) in [6.07, 6.45) is 2.53. The topological polar surface area (TPSA) is 68.8 Å². The van der Waals surface area contributed by atoms with Crippen LogP contribution in [0.15, 0.2) is 53.5 Å². The number of rotatable bonds is 7. The number of carbonyl (C=O) groups excluding carboxylic acids is 1. The lowest BCUT2D eigenvalue weighted by molar-refractivity contribution is 0.0954. The van der Waals surface area contributed by atoms with E-state index in [-0.39, 0.29) is 35.9 Å². The highest BCUT2D eigenvalue weighted by Crippen LogP contribution is 2.23. The molecule has 1 aliphatic rings. The molecule has 1 atom stereocenters. The van der Waals surface area contributed by atoms with Crippen LogP contribution in [0.5, 0.6) is 0 Å². The third-order valence-electron chi connectivity index (χ3n) is 5.24. The maximum atomic E-state index is 12.2. The van der Waals surface area contributed by atoms with Gasteiger partial charge in [0.15, 0.2) is 5.96 Å². The Kier molecular flexibility index (Phi) is 10.4. The molecule has 2 aromatic carbocycles. The number of anilines is 1. The van der Waals surface area contributed by atoms with Gasteiger partial charge in [-0.3, -0.25) is 9.79 Å². The maximum absolute atomic E-state index is 12.2. The van der Waals surface area contributed by atoms with Crippen LogP contribution in [0.3, 0.4) is 0 Å². The smallest absolute Gasteiger partial charge is 0.252 e. The normalized spacial score (nSPS) is 14.5. The van der Waals surface area contributed by atoms with Crippen LogP contribution in [-0.2, 0) is 0 Å². The fraction of sp³-hybridized carbons (Fsp3) is 0.391. The van der Waals surface area contributed by atoms with Gasteiger partial charge in [-0.25, -0.2) is 0 Å². The Morgan fingerprint density at radius 1 is 1.10 bits per heavy atom. The average Bonchev–Trinajstić information content (AvgIpc) is 3.31. The minimum Gasteiger partial charge on any atom is -0.372 e. The van der Waals surface area contributed by atoms with Crippen molar-refractivity contribution in [2.45, 2.75) is 25.8 Å². The van der Waals surface area contributed by atoms with E-state index >= 15 is 0 Å². The van der Waals surface area contributed by atoms with Crippen molar-refractivity contribution in [3.05, 3.63) is 64.7 Å². The van der Waals surface area contributed by atoms with Gasteiger partial charge in [0, 0.05) is 38.9 Å². The number of aliphatic imine (C=N–C) groups is 1. The molecular weight excluding hydrogens is 525 g/mol. The largest absolute Gasteiger partial charge is 0.372 e. The lowest BCUT2D eigenvalue weighted by Crippen LogP contribution is -2.42. The average molecular weight is 556 g/mol. The molecule has 0 radical (unpaired) electrons. The molecule has 0 aromatic heterocycles. The van der Waals surface area contributed by atoms with E-state index in [2.05, 4.69) is 57.0 Å². The minimum atomic E-state index is -0.183. The second kappa shape index (κ2) is 12.8. The van der Waals surface area contributed by atoms with Crippen LogP contribution in [0.25, 0.3) is 0 Å². The maximum Gasteiger partial charge on any atom is 0.252 e. The predicted octanol–water partition coefficient (Wildman–Crippen LogP) is 4.21. The Morgan fingerprint density at radius 3 is 2.52 bits per heavy atom. The molecule has 1 heterocycles. The molecule has 168 valence electrons. The molecule has 0 spiro atoms. The van der Waals surface area contributed by atoms with E-state index in [4.69, 9.17) is 11.6 Å². The van der Waals surface area contributed by atoms with Crippen molar-refractivity contribution >= 4 is 53.1 Å². The fourth-order valence-electron chi connectivity index (χ4n) is 3.55. The van der Waals surface area contributed by atoms with Crippen LogP contribution >= 0.6 is 35.6 Å². The Balaban J connectivity index is 0.00000341. The summed E-state index contributed by atoms with van der Waals surface area (Å²) in [6.45, 7) is 5.40. The zero-order valence-corrected chi connectivity index (χ0v) is 21.1. The van der Waals surface area contributed by atoms with Crippen molar-refractivity contribution in [3.63, 3.8) is 0 Å². The number of amides is 1. The van der Waals surface area contributed by atoms with E-state index in [1.54, 1.807) is 31.3 Å². The first-order valence-corrected chi connectivity index (χ1v) is 10.8. The molecule has 1 amide bonds. The summed E-state index contributed by atoms with van der Waals surface area (Å²) in [7, 11) is 1.74. The number of benzene rings is 2. The van der Waals surface area contributed by atoms with Gasteiger partial charge in [-0.1, -0.05) is 35.9 Å². The van der Waals surface area contributed by atoms with Gasteiger partial charge in [-0.05, 0) is 49.6 Å². The molecule has 8 heteroatoms. The molecule has 6 nitrogen and oxygen atoms in total. The highest BCUT2D eigenvalue weighted by molar-refractivity contribution is 14.0. The highest BCUT2D eigenvalue weighted by atomic mass is 127. The van der Waals surface area contributed by atoms with Crippen molar-refractivity contribution in [2.75, 3.05) is 38.1 Å². The van der Waals surface area contributed by atoms with E-state index < -0.39 is 0 Å². The van der Waals surface area contributed by atoms with Gasteiger partial charge in [0.25, 0.3) is 5.91 Å². The van der Waals surface area contributed by atoms with Crippen molar-refractivity contribution in [1.29, 1.82) is 0 Å². The summed E-state index contributed by atoms with van der Waals surface area (Å²) >= 11 is 6.06. The number of nitrogens with one attached hydrogen (secondary N) is 3. The molecule has 3 N–H and O–H groups in total. The van der Waals surface area contributed by atoms with Crippen LogP contribution < -0.4 is 20.9 Å². The first-order valence-electron chi connectivity index (χ1n) is 10.4. The van der Waals surface area contributed by atoms with Gasteiger partial charge in [0.05, 0.1) is 16.6 Å². The number of hydrogen-bond donors (Lipinski definition) is 3. The quantitative estimate of drug-likeness (QED) is 0.207. The number of carbonyl (C=O) groups is 1. The summed E-state index contributed by atoms with van der Waals surface area (Å²) < 4.78 is 0. The van der Waals surface area contributed by atoms with Gasteiger partial charge < -0.3 is 20.9 Å². The SMILES string of the molecule is CN=C(NCCNC(=O)c1ccccc1Cl)NC(C)c1cccc(N2CCCC2)c1.I. The minimum absolute atomic E-state index is 0. The molecular formula is C23H31ClIN5O. The number of hydrogen-bond acceptors (Lipinski definition) is 3. The molecule has 1 aliphatic heterocycles. The molecule has 2 aromatic rings. The predicted molar refractivity (Wildman–Crippen MR) is 140 cm³/mol. The van der Waals surface area contributed by atoms with Crippen molar-refractivity contribution < 1.29 is 4.79 Å². The molecule has 0 aliphatic carbocycles. The summed E-state index contributed by atoms with van der Waals surface area (Å²) in [5.41, 5.74) is 2.98. The van der Waals surface area contributed by atoms with E-state index in [1.165, 1.54) is 24.1 Å². The highest BCUT2D eigenvalue weighted by Gasteiger charge is 2.14. The van der Waals surface area contributed by atoms with Crippen molar-refractivity contribution in [3.8, 4) is 0 Å². The Morgan fingerprint density at radius 2 is 1.81 bits per heavy atom. The second-order valence-corrected chi connectivity index (χ2v) is 7.80. The summed E-state index contributed by atoms with van der Waals surface area (Å²) in [5, 5.41) is 9.98. The molecule has 1 unspecified atom stereocenters. The molecule has 3 rings (SSSR count). The summed E-state index contributed by atoms with van der Waals surface area (Å²) in [5.74, 6) is 0.513. The van der Waals surface area contributed by atoms with Gasteiger partial charge in [-0.15, -0.1) is 24.0 Å². The zero-order valence-electron chi connectivity index (χ0n) is 18.0.